The third-order valence-electron chi connectivity index (χ3n) is 2.09. The summed E-state index contributed by atoms with van der Waals surface area (Å²) in [4.78, 5) is 4.25. The van der Waals surface area contributed by atoms with Crippen molar-refractivity contribution in [3.8, 4) is 0 Å². The van der Waals surface area contributed by atoms with E-state index in [1.165, 1.54) is 0 Å². The predicted octanol–water partition coefficient (Wildman–Crippen LogP) is 1.30. The molecule has 1 aromatic rings. The van der Waals surface area contributed by atoms with Crippen LogP contribution in [0.4, 0.5) is 0 Å². The van der Waals surface area contributed by atoms with Gasteiger partial charge in [-0.2, -0.15) is 4.98 Å². The first-order chi connectivity index (χ1) is 6.40. The number of hydrogen-bond acceptors (Lipinski definition) is 4. The van der Waals surface area contributed by atoms with Crippen LogP contribution in [0.5, 0.6) is 0 Å². The highest BCUT2D eigenvalue weighted by atomic mass is 16.5. The van der Waals surface area contributed by atoms with Gasteiger partial charge in [0.25, 0.3) is 0 Å². The van der Waals surface area contributed by atoms with Crippen LogP contribution in [0.2, 0.25) is 0 Å². The first-order valence-corrected chi connectivity index (χ1v) is 4.41. The molecule has 0 N–H and O–H groups in total. The van der Waals surface area contributed by atoms with Gasteiger partial charge in [-0.3, -0.25) is 0 Å². The average molecular weight is 180 g/mol. The molecule has 1 aromatic heterocycles. The Bertz CT molecular complexity index is 290. The van der Waals surface area contributed by atoms with Crippen LogP contribution in [0, 0.1) is 0 Å². The van der Waals surface area contributed by atoms with Crippen molar-refractivity contribution in [2.75, 3.05) is 13.2 Å². The molecule has 70 valence electrons. The molecule has 13 heavy (non-hydrogen) atoms. The average Bonchev–Trinajstić information content (AvgIpc) is 2.70. The van der Waals surface area contributed by atoms with Crippen LogP contribution in [-0.2, 0) is 11.2 Å². The Kier molecular flexibility index (Phi) is 2.40. The number of allylic oxidation sites excluding steroid dienone is 1. The van der Waals surface area contributed by atoms with Gasteiger partial charge < -0.3 is 9.26 Å². The van der Waals surface area contributed by atoms with E-state index in [0.717, 1.165) is 13.0 Å². The molecular formula is C9H12N2O2. The van der Waals surface area contributed by atoms with E-state index in [4.69, 9.17) is 9.26 Å². The molecule has 0 aromatic carbocycles. The maximum Gasteiger partial charge on any atom is 0.232 e. The number of hydrogen-bond donors (Lipinski definition) is 0. The molecule has 1 fully saturated rings. The highest BCUT2D eigenvalue weighted by Gasteiger charge is 2.23. The van der Waals surface area contributed by atoms with Gasteiger partial charge >= 0.3 is 0 Å². The van der Waals surface area contributed by atoms with E-state index in [1.54, 1.807) is 6.08 Å². The van der Waals surface area contributed by atoms with E-state index in [2.05, 4.69) is 16.7 Å². The van der Waals surface area contributed by atoms with Crippen molar-refractivity contribution >= 4 is 0 Å². The summed E-state index contributed by atoms with van der Waals surface area (Å²) in [5.74, 6) is 1.71. The SMILES string of the molecule is C=CCc1noc(C2CCOC2)n1. The monoisotopic (exact) mass is 180 g/mol. The summed E-state index contributed by atoms with van der Waals surface area (Å²) < 4.78 is 10.3. The summed E-state index contributed by atoms with van der Waals surface area (Å²) >= 11 is 0. The maximum atomic E-state index is 5.23. The Hall–Kier alpha value is -1.16. The quantitative estimate of drug-likeness (QED) is 0.658. The third kappa shape index (κ3) is 1.78. The second-order valence-electron chi connectivity index (χ2n) is 3.10. The molecular weight excluding hydrogens is 168 g/mol. The fourth-order valence-electron chi connectivity index (χ4n) is 1.37. The highest BCUT2D eigenvalue weighted by Crippen LogP contribution is 2.23. The normalized spacial score (nSPS) is 22.0. The second-order valence-corrected chi connectivity index (χ2v) is 3.10. The van der Waals surface area contributed by atoms with Crippen molar-refractivity contribution in [1.82, 2.24) is 10.1 Å². The Morgan fingerprint density at radius 1 is 1.62 bits per heavy atom. The van der Waals surface area contributed by atoms with Gasteiger partial charge in [0.15, 0.2) is 5.82 Å². The summed E-state index contributed by atoms with van der Waals surface area (Å²) in [6.07, 6.45) is 3.41. The molecule has 2 heterocycles. The molecule has 1 saturated heterocycles. The van der Waals surface area contributed by atoms with Gasteiger partial charge in [0, 0.05) is 13.0 Å². The minimum atomic E-state index is 0.297. The molecule has 0 amide bonds. The molecule has 1 atom stereocenters. The van der Waals surface area contributed by atoms with Gasteiger partial charge in [0.1, 0.15) is 0 Å². The van der Waals surface area contributed by atoms with Crippen molar-refractivity contribution in [3.63, 3.8) is 0 Å². The van der Waals surface area contributed by atoms with Crippen LogP contribution in [0.3, 0.4) is 0 Å². The van der Waals surface area contributed by atoms with E-state index in [0.29, 0.717) is 30.7 Å². The summed E-state index contributed by atoms with van der Waals surface area (Å²) in [6.45, 7) is 5.12. The van der Waals surface area contributed by atoms with Crippen molar-refractivity contribution in [2.24, 2.45) is 0 Å². The predicted molar refractivity (Wildman–Crippen MR) is 46.4 cm³/mol. The topological polar surface area (TPSA) is 48.2 Å². The van der Waals surface area contributed by atoms with Crippen molar-refractivity contribution in [3.05, 3.63) is 24.4 Å². The number of ether oxygens (including phenoxy) is 1. The van der Waals surface area contributed by atoms with Crippen LogP contribution in [0.1, 0.15) is 24.1 Å². The molecule has 1 unspecified atom stereocenters. The number of nitrogens with zero attached hydrogens (tertiary/aromatic N) is 2. The molecule has 2 rings (SSSR count). The van der Waals surface area contributed by atoms with Crippen molar-refractivity contribution in [2.45, 2.75) is 18.8 Å². The zero-order valence-electron chi connectivity index (χ0n) is 7.40. The number of aromatic nitrogens is 2. The van der Waals surface area contributed by atoms with Gasteiger partial charge in [-0.1, -0.05) is 11.2 Å². The summed E-state index contributed by atoms with van der Waals surface area (Å²) in [5.41, 5.74) is 0. The lowest BCUT2D eigenvalue weighted by molar-refractivity contribution is 0.189. The Balaban J connectivity index is 2.07. The van der Waals surface area contributed by atoms with Gasteiger partial charge in [0.05, 0.1) is 12.5 Å². The smallest absolute Gasteiger partial charge is 0.232 e. The zero-order chi connectivity index (χ0) is 9.10. The van der Waals surface area contributed by atoms with Crippen LogP contribution in [0.25, 0.3) is 0 Å². The van der Waals surface area contributed by atoms with E-state index in [-0.39, 0.29) is 0 Å². The lowest BCUT2D eigenvalue weighted by Crippen LogP contribution is -1.97. The number of rotatable bonds is 3. The first kappa shape index (κ1) is 8.44. The van der Waals surface area contributed by atoms with Crippen LogP contribution in [-0.4, -0.2) is 23.4 Å². The Labute approximate surface area is 76.6 Å². The van der Waals surface area contributed by atoms with Crippen LogP contribution >= 0.6 is 0 Å². The molecule has 0 radical (unpaired) electrons. The maximum absolute atomic E-state index is 5.23. The van der Waals surface area contributed by atoms with Crippen molar-refractivity contribution < 1.29 is 9.26 Å². The first-order valence-electron chi connectivity index (χ1n) is 4.41. The van der Waals surface area contributed by atoms with E-state index in [1.807, 2.05) is 0 Å². The van der Waals surface area contributed by atoms with Gasteiger partial charge in [0.2, 0.25) is 5.89 Å². The molecule has 0 spiro atoms. The summed E-state index contributed by atoms with van der Waals surface area (Å²) in [7, 11) is 0. The molecule has 0 bridgehead atoms. The summed E-state index contributed by atoms with van der Waals surface area (Å²) in [6, 6.07) is 0. The molecule has 0 aliphatic carbocycles. The minimum absolute atomic E-state index is 0.297. The Morgan fingerprint density at radius 2 is 2.54 bits per heavy atom. The second kappa shape index (κ2) is 3.70. The lowest BCUT2D eigenvalue weighted by Gasteiger charge is -1.97. The van der Waals surface area contributed by atoms with Gasteiger partial charge in [-0.15, -0.1) is 6.58 Å². The van der Waals surface area contributed by atoms with E-state index < -0.39 is 0 Å². The fraction of sp³-hybridized carbons (Fsp3) is 0.556. The lowest BCUT2D eigenvalue weighted by atomic mass is 10.1. The van der Waals surface area contributed by atoms with E-state index in [9.17, 15) is 0 Å². The largest absolute Gasteiger partial charge is 0.381 e. The summed E-state index contributed by atoms with van der Waals surface area (Å²) in [5, 5.41) is 3.84. The molecule has 4 nitrogen and oxygen atoms in total. The van der Waals surface area contributed by atoms with Crippen molar-refractivity contribution in [1.29, 1.82) is 0 Å². The van der Waals surface area contributed by atoms with E-state index >= 15 is 0 Å². The molecule has 4 heteroatoms. The Morgan fingerprint density at radius 3 is 3.23 bits per heavy atom. The van der Waals surface area contributed by atoms with Crippen LogP contribution < -0.4 is 0 Å². The van der Waals surface area contributed by atoms with Gasteiger partial charge in [-0.05, 0) is 6.42 Å². The van der Waals surface area contributed by atoms with Gasteiger partial charge in [-0.25, -0.2) is 0 Å². The molecule has 0 saturated carbocycles. The standard InChI is InChI=1S/C9H12N2O2/c1-2-3-8-10-9(13-11-8)7-4-5-12-6-7/h2,7H,1,3-6H2. The van der Waals surface area contributed by atoms with Crippen LogP contribution in [0.15, 0.2) is 17.2 Å². The fourth-order valence-corrected chi connectivity index (χ4v) is 1.37. The highest BCUT2D eigenvalue weighted by molar-refractivity contribution is 4.98. The molecule has 1 aliphatic rings. The minimum Gasteiger partial charge on any atom is -0.381 e. The zero-order valence-corrected chi connectivity index (χ0v) is 7.40. The third-order valence-corrected chi connectivity index (χ3v) is 2.09. The molecule has 1 aliphatic heterocycles.